The maximum Gasteiger partial charge on any atom is 0.254 e. The molecular weight excluding hydrogens is 511 g/mol. The Kier molecular flexibility index (Phi) is 7.35. The molecule has 1 aliphatic rings. The summed E-state index contributed by atoms with van der Waals surface area (Å²) < 4.78 is 0. The van der Waals surface area contributed by atoms with Crippen LogP contribution in [0.4, 0.5) is 5.69 Å². The minimum atomic E-state index is -0.746. The van der Waals surface area contributed by atoms with E-state index in [1.165, 1.54) is 4.90 Å². The topological polar surface area (TPSA) is 83.9 Å². The number of halogens is 2. The highest BCUT2D eigenvalue weighted by Gasteiger charge is 2.38. The molecule has 4 aromatic rings. The number of oxime groups is 1. The monoisotopic (exact) mass is 532 g/mol. The molecule has 1 N–H and O–H groups in total. The zero-order valence-corrected chi connectivity index (χ0v) is 21.1. The molecule has 0 aliphatic carbocycles. The van der Waals surface area contributed by atoms with Gasteiger partial charge in [-0.2, -0.15) is 0 Å². The van der Waals surface area contributed by atoms with E-state index in [1.807, 2.05) is 30.3 Å². The Morgan fingerprint density at radius 1 is 1.00 bits per heavy atom. The van der Waals surface area contributed by atoms with Crippen molar-refractivity contribution >= 4 is 57.3 Å². The van der Waals surface area contributed by atoms with Crippen LogP contribution in [0.25, 0.3) is 10.9 Å². The van der Waals surface area contributed by atoms with Gasteiger partial charge in [0, 0.05) is 29.3 Å². The third-order valence-electron chi connectivity index (χ3n) is 6.02. The van der Waals surface area contributed by atoms with Gasteiger partial charge in [0.2, 0.25) is 5.91 Å². The van der Waals surface area contributed by atoms with E-state index in [0.29, 0.717) is 27.0 Å². The summed E-state index contributed by atoms with van der Waals surface area (Å²) in [6.45, 7) is 0.351. The third kappa shape index (κ3) is 5.74. The maximum absolute atomic E-state index is 13.4. The molecule has 0 spiro atoms. The summed E-state index contributed by atoms with van der Waals surface area (Å²) in [5.74, 6) is -0.555. The summed E-state index contributed by atoms with van der Waals surface area (Å²) in [4.78, 5) is 38.0. The fraction of sp³-hybridized carbons (Fsp3) is 0.143. The van der Waals surface area contributed by atoms with Crippen LogP contribution in [0.5, 0.6) is 0 Å². The van der Waals surface area contributed by atoms with Crippen molar-refractivity contribution in [1.29, 1.82) is 0 Å². The summed E-state index contributed by atoms with van der Waals surface area (Å²) in [6.07, 6.45) is 1.97. The van der Waals surface area contributed by atoms with E-state index in [-0.39, 0.29) is 31.4 Å². The van der Waals surface area contributed by atoms with Crippen LogP contribution in [0.2, 0.25) is 10.0 Å². The molecule has 3 aromatic carbocycles. The van der Waals surface area contributed by atoms with Gasteiger partial charge in [0.05, 0.1) is 27.8 Å². The van der Waals surface area contributed by atoms with E-state index in [9.17, 15) is 9.59 Å². The number of carbonyl (C=O) groups is 2. The van der Waals surface area contributed by atoms with Gasteiger partial charge in [-0.05, 0) is 54.1 Å². The van der Waals surface area contributed by atoms with Crippen LogP contribution in [0.3, 0.4) is 0 Å². The highest BCUT2D eigenvalue weighted by Crippen LogP contribution is 2.25. The number of pyridine rings is 1. The van der Waals surface area contributed by atoms with E-state index in [4.69, 9.17) is 28.0 Å². The zero-order valence-electron chi connectivity index (χ0n) is 19.6. The largest absolute Gasteiger partial charge is 0.391 e. The van der Waals surface area contributed by atoms with Gasteiger partial charge in [-0.1, -0.05) is 58.7 Å². The SMILES string of the molecule is O=C(Nc1ccc2ncccc2c1)[C@@H]1C/C(=N/OCc2ccc(Cl)c(Cl)c2)CN1C(=O)c1ccccc1. The molecule has 0 bridgehead atoms. The molecule has 2 amide bonds. The quantitative estimate of drug-likeness (QED) is 0.310. The molecule has 9 heteroatoms. The van der Waals surface area contributed by atoms with E-state index in [2.05, 4.69) is 15.5 Å². The number of nitrogens with zero attached hydrogens (tertiary/aromatic N) is 3. The normalized spacial score (nSPS) is 16.2. The van der Waals surface area contributed by atoms with Gasteiger partial charge >= 0.3 is 0 Å². The number of nitrogens with one attached hydrogen (secondary N) is 1. The Labute approximate surface area is 223 Å². The van der Waals surface area contributed by atoms with E-state index in [0.717, 1.165) is 16.5 Å². The van der Waals surface area contributed by atoms with Crippen molar-refractivity contribution in [1.82, 2.24) is 9.88 Å². The summed E-state index contributed by atoms with van der Waals surface area (Å²) in [5.41, 5.74) is 3.34. The average Bonchev–Trinajstić information content (AvgIpc) is 3.35. The highest BCUT2D eigenvalue weighted by atomic mass is 35.5. The molecular formula is C28H22Cl2N4O3. The minimum absolute atomic E-state index is 0.175. The number of anilines is 1. The fourth-order valence-electron chi connectivity index (χ4n) is 4.17. The molecule has 7 nitrogen and oxygen atoms in total. The first-order chi connectivity index (χ1) is 18.0. The Morgan fingerprint density at radius 2 is 1.84 bits per heavy atom. The second-order valence-electron chi connectivity index (χ2n) is 8.60. The Bertz CT molecular complexity index is 1490. The van der Waals surface area contributed by atoms with Crippen LogP contribution in [0.1, 0.15) is 22.3 Å². The van der Waals surface area contributed by atoms with E-state index < -0.39 is 6.04 Å². The van der Waals surface area contributed by atoms with Gasteiger partial charge in [-0.25, -0.2) is 0 Å². The molecule has 1 atom stereocenters. The first kappa shape index (κ1) is 24.7. The van der Waals surface area contributed by atoms with Crippen molar-refractivity contribution in [3.8, 4) is 0 Å². The van der Waals surface area contributed by atoms with E-state index >= 15 is 0 Å². The van der Waals surface area contributed by atoms with Crippen LogP contribution in [0, 0.1) is 0 Å². The second-order valence-corrected chi connectivity index (χ2v) is 9.41. The molecule has 0 unspecified atom stereocenters. The number of amides is 2. The first-order valence-electron chi connectivity index (χ1n) is 11.6. The lowest BCUT2D eigenvalue weighted by atomic mass is 10.1. The lowest BCUT2D eigenvalue weighted by Gasteiger charge is -2.23. The summed E-state index contributed by atoms with van der Waals surface area (Å²) in [7, 11) is 0. The van der Waals surface area contributed by atoms with Gasteiger partial charge in [0.1, 0.15) is 12.6 Å². The predicted octanol–water partition coefficient (Wildman–Crippen LogP) is 5.97. The van der Waals surface area contributed by atoms with Crippen LogP contribution in [-0.2, 0) is 16.2 Å². The van der Waals surface area contributed by atoms with Gasteiger partial charge < -0.3 is 15.1 Å². The Morgan fingerprint density at radius 3 is 2.65 bits per heavy atom. The molecule has 1 fully saturated rings. The lowest BCUT2D eigenvalue weighted by Crippen LogP contribution is -2.43. The van der Waals surface area contributed by atoms with Crippen LogP contribution in [0.15, 0.2) is 90.2 Å². The summed E-state index contributed by atoms with van der Waals surface area (Å²) >= 11 is 12.0. The molecule has 0 radical (unpaired) electrons. The molecule has 186 valence electrons. The van der Waals surface area contributed by atoms with Crippen molar-refractivity contribution in [3.63, 3.8) is 0 Å². The standard InChI is InChI=1S/C28H22Cl2N4O3/c29-23-10-8-18(13-24(23)30)17-37-33-22-15-26(34(16-22)28(36)19-5-2-1-3-6-19)27(35)32-21-9-11-25-20(14-21)7-4-12-31-25/h1-14,26H,15-17H2,(H,32,35)/b33-22-/t26-/m0/s1. The Hall–Kier alpha value is -3.94. The molecule has 1 saturated heterocycles. The van der Waals surface area contributed by atoms with Crippen molar-refractivity contribution in [2.75, 3.05) is 11.9 Å². The molecule has 37 heavy (non-hydrogen) atoms. The number of hydrogen-bond donors (Lipinski definition) is 1. The fourth-order valence-corrected chi connectivity index (χ4v) is 4.49. The second kappa shape index (κ2) is 11.0. The van der Waals surface area contributed by atoms with Crippen LogP contribution < -0.4 is 5.32 Å². The number of fused-ring (bicyclic) bond motifs is 1. The highest BCUT2D eigenvalue weighted by molar-refractivity contribution is 6.42. The van der Waals surface area contributed by atoms with Crippen molar-refractivity contribution in [2.45, 2.75) is 19.1 Å². The zero-order chi connectivity index (χ0) is 25.8. The van der Waals surface area contributed by atoms with Gasteiger partial charge in [0.25, 0.3) is 5.91 Å². The average molecular weight is 533 g/mol. The first-order valence-corrected chi connectivity index (χ1v) is 12.4. The van der Waals surface area contributed by atoms with Crippen LogP contribution in [-0.4, -0.2) is 40.0 Å². The smallest absolute Gasteiger partial charge is 0.254 e. The molecule has 1 aliphatic heterocycles. The Balaban J connectivity index is 1.34. The van der Waals surface area contributed by atoms with Crippen LogP contribution >= 0.6 is 23.2 Å². The molecule has 2 heterocycles. The van der Waals surface area contributed by atoms with Gasteiger partial charge in [-0.15, -0.1) is 0 Å². The number of aromatic nitrogens is 1. The minimum Gasteiger partial charge on any atom is -0.391 e. The predicted molar refractivity (Wildman–Crippen MR) is 145 cm³/mol. The van der Waals surface area contributed by atoms with Crippen molar-refractivity contribution < 1.29 is 14.4 Å². The lowest BCUT2D eigenvalue weighted by molar-refractivity contribution is -0.119. The number of likely N-dealkylation sites (tertiary alicyclic amines) is 1. The third-order valence-corrected chi connectivity index (χ3v) is 6.76. The van der Waals surface area contributed by atoms with Crippen molar-refractivity contribution in [2.24, 2.45) is 5.16 Å². The molecule has 1 aromatic heterocycles. The maximum atomic E-state index is 13.4. The number of rotatable bonds is 6. The van der Waals surface area contributed by atoms with Gasteiger partial charge in [0.15, 0.2) is 0 Å². The van der Waals surface area contributed by atoms with Crippen molar-refractivity contribution in [3.05, 3.63) is 106 Å². The summed E-state index contributed by atoms with van der Waals surface area (Å²) in [5, 5.41) is 8.97. The number of benzene rings is 3. The van der Waals surface area contributed by atoms with Gasteiger partial charge in [-0.3, -0.25) is 14.6 Å². The van der Waals surface area contributed by atoms with E-state index in [1.54, 1.807) is 54.7 Å². The number of hydrogen-bond acceptors (Lipinski definition) is 5. The number of carbonyl (C=O) groups excluding carboxylic acids is 2. The molecule has 0 saturated carbocycles. The molecule has 5 rings (SSSR count). The summed E-state index contributed by atoms with van der Waals surface area (Å²) in [6, 6.07) is 22.6.